The molecule has 1 aromatic heterocycles. The average molecular weight is 453 g/mol. The maximum Gasteiger partial charge on any atom is 0.430 e. The number of nitrogen functional groups attached to an aromatic ring is 1. The molecule has 2 amide bonds. The molecule has 1 aromatic carbocycles. The van der Waals surface area contributed by atoms with Crippen molar-refractivity contribution >= 4 is 17.6 Å². The van der Waals surface area contributed by atoms with E-state index < -0.39 is 29.2 Å². The van der Waals surface area contributed by atoms with Gasteiger partial charge >= 0.3 is 6.18 Å². The molecule has 0 saturated carbocycles. The second kappa shape index (κ2) is 8.36. The largest absolute Gasteiger partial charge is 0.430 e. The van der Waals surface area contributed by atoms with Crippen LogP contribution in [-0.4, -0.2) is 64.3 Å². The number of hydrogen-bond donors (Lipinski definition) is 3. The second-order valence-corrected chi connectivity index (χ2v) is 7.49. The van der Waals surface area contributed by atoms with Crippen LogP contribution in [0.2, 0.25) is 0 Å². The number of ether oxygens (including phenoxy) is 1. The summed E-state index contributed by atoms with van der Waals surface area (Å²) in [6.45, 7) is 2.40. The van der Waals surface area contributed by atoms with Crippen molar-refractivity contribution in [1.29, 1.82) is 0 Å². The molecule has 5 N–H and O–H groups in total. The fourth-order valence-corrected chi connectivity index (χ4v) is 3.46. The summed E-state index contributed by atoms with van der Waals surface area (Å²) in [5.41, 5.74) is 6.49. The van der Waals surface area contributed by atoms with Crippen LogP contribution in [0, 0.1) is 6.92 Å². The Morgan fingerprint density at radius 3 is 2.56 bits per heavy atom. The number of aryl methyl sites for hydroxylation is 1. The van der Waals surface area contributed by atoms with Gasteiger partial charge in [-0.1, -0.05) is 12.1 Å². The van der Waals surface area contributed by atoms with Crippen molar-refractivity contribution in [2.45, 2.75) is 31.2 Å². The van der Waals surface area contributed by atoms with Gasteiger partial charge in [0.25, 0.3) is 17.4 Å². The lowest BCUT2D eigenvalue weighted by Gasteiger charge is -2.40. The highest BCUT2D eigenvalue weighted by atomic mass is 19.4. The van der Waals surface area contributed by atoms with Gasteiger partial charge in [0.2, 0.25) is 0 Å². The topological polar surface area (TPSA) is 145 Å². The quantitative estimate of drug-likeness (QED) is 0.595. The van der Waals surface area contributed by atoms with Crippen LogP contribution in [0.4, 0.5) is 19.0 Å². The summed E-state index contributed by atoms with van der Waals surface area (Å²) in [5.74, 6) is -2.59. The number of anilines is 1. The minimum atomic E-state index is -5.35. The summed E-state index contributed by atoms with van der Waals surface area (Å²) >= 11 is 0. The highest BCUT2D eigenvalue weighted by Gasteiger charge is 2.60. The van der Waals surface area contributed by atoms with E-state index in [9.17, 15) is 27.9 Å². The molecule has 1 saturated heterocycles. The molecular formula is C20H22F3N5O4. The molecule has 0 aliphatic carbocycles. The molecule has 12 heteroatoms. The Labute approximate surface area is 181 Å². The van der Waals surface area contributed by atoms with E-state index in [4.69, 9.17) is 16.2 Å². The van der Waals surface area contributed by atoms with E-state index in [0.717, 1.165) is 18.6 Å². The molecule has 172 valence electrons. The second-order valence-electron chi connectivity index (χ2n) is 7.49. The number of nitrogens with two attached hydrogens (primary N) is 2. The molecular weight excluding hydrogens is 431 g/mol. The fraction of sp³-hybridized carbons (Fsp3) is 0.400. The van der Waals surface area contributed by atoms with Crippen LogP contribution in [0.1, 0.15) is 28.0 Å². The number of carbonyl (C=O) groups excluding carboxylic acids is 2. The van der Waals surface area contributed by atoms with Crippen molar-refractivity contribution in [3.63, 3.8) is 0 Å². The first kappa shape index (κ1) is 23.4. The number of rotatable bonds is 6. The number of halogens is 3. The van der Waals surface area contributed by atoms with Crippen LogP contribution in [0.5, 0.6) is 0 Å². The smallest absolute Gasteiger partial charge is 0.383 e. The minimum absolute atomic E-state index is 0.0414. The zero-order valence-corrected chi connectivity index (χ0v) is 17.3. The van der Waals surface area contributed by atoms with Crippen LogP contribution in [0.25, 0.3) is 11.3 Å². The van der Waals surface area contributed by atoms with Gasteiger partial charge in [0, 0.05) is 24.8 Å². The number of nitrogens with zero attached hydrogens (tertiary/aromatic N) is 3. The van der Waals surface area contributed by atoms with E-state index in [1.54, 1.807) is 6.92 Å². The number of aromatic nitrogens is 2. The Balaban J connectivity index is 2.06. The molecule has 0 radical (unpaired) electrons. The molecule has 9 nitrogen and oxygen atoms in total. The van der Waals surface area contributed by atoms with Crippen molar-refractivity contribution in [3.05, 3.63) is 41.2 Å². The lowest BCUT2D eigenvalue weighted by molar-refractivity contribution is -0.255. The van der Waals surface area contributed by atoms with Gasteiger partial charge < -0.3 is 26.2 Å². The van der Waals surface area contributed by atoms with E-state index in [1.165, 1.54) is 24.3 Å². The number of carbonyl (C=O) groups is 2. The standard InChI is InChI=1S/C20H22F3N5O4/c1-10-3-4-11(19(31,18(25)30)20(21,22)23)7-13(10)14-8-26-16(24)15(27-14)17(29)28-6-5-12(28)9-32-2/h3-4,7-8,12,31H,5-6,9H2,1-2H3,(H2,24,26)(H2,25,30)/t12-,19?/m1/s1. The molecule has 2 atom stereocenters. The molecule has 1 aliphatic rings. The van der Waals surface area contributed by atoms with Crippen LogP contribution in [0.3, 0.4) is 0 Å². The molecule has 0 bridgehead atoms. The number of benzene rings is 1. The maximum absolute atomic E-state index is 13.5. The van der Waals surface area contributed by atoms with E-state index in [2.05, 4.69) is 9.97 Å². The minimum Gasteiger partial charge on any atom is -0.383 e. The average Bonchev–Trinajstić information content (AvgIpc) is 2.70. The number of aliphatic hydroxyl groups is 1. The van der Waals surface area contributed by atoms with E-state index in [1.807, 2.05) is 0 Å². The van der Waals surface area contributed by atoms with Gasteiger partial charge in [0.1, 0.15) is 0 Å². The van der Waals surface area contributed by atoms with Gasteiger partial charge in [-0.2, -0.15) is 13.2 Å². The summed E-state index contributed by atoms with van der Waals surface area (Å²) in [5, 5.41) is 10.1. The first-order valence-corrected chi connectivity index (χ1v) is 9.54. The lowest BCUT2D eigenvalue weighted by Crippen LogP contribution is -2.53. The lowest BCUT2D eigenvalue weighted by atomic mass is 9.89. The number of methoxy groups -OCH3 is 1. The summed E-state index contributed by atoms with van der Waals surface area (Å²) in [7, 11) is 1.51. The summed E-state index contributed by atoms with van der Waals surface area (Å²) in [4.78, 5) is 34.1. The number of hydrogen-bond acceptors (Lipinski definition) is 7. The highest BCUT2D eigenvalue weighted by molar-refractivity contribution is 5.97. The van der Waals surface area contributed by atoms with Gasteiger partial charge in [0.15, 0.2) is 11.5 Å². The first-order chi connectivity index (χ1) is 14.9. The highest BCUT2D eigenvalue weighted by Crippen LogP contribution is 2.40. The van der Waals surface area contributed by atoms with Crippen molar-refractivity contribution < 1.29 is 32.6 Å². The van der Waals surface area contributed by atoms with Gasteiger partial charge in [-0.25, -0.2) is 9.97 Å². The van der Waals surface area contributed by atoms with Crippen molar-refractivity contribution in [2.24, 2.45) is 5.73 Å². The normalized spacial score (nSPS) is 18.1. The van der Waals surface area contributed by atoms with Crippen molar-refractivity contribution in [2.75, 3.05) is 26.0 Å². The van der Waals surface area contributed by atoms with Gasteiger partial charge in [-0.05, 0) is 25.0 Å². The molecule has 2 heterocycles. The van der Waals surface area contributed by atoms with E-state index >= 15 is 0 Å². The third-order valence-corrected chi connectivity index (χ3v) is 5.47. The predicted octanol–water partition coefficient (Wildman–Crippen LogP) is 1.13. The van der Waals surface area contributed by atoms with Crippen LogP contribution in [-0.2, 0) is 15.1 Å². The van der Waals surface area contributed by atoms with Crippen LogP contribution >= 0.6 is 0 Å². The predicted molar refractivity (Wildman–Crippen MR) is 107 cm³/mol. The molecule has 2 aromatic rings. The Morgan fingerprint density at radius 2 is 2.03 bits per heavy atom. The Hall–Kier alpha value is -3.25. The summed E-state index contributed by atoms with van der Waals surface area (Å²) < 4.78 is 45.5. The molecule has 32 heavy (non-hydrogen) atoms. The van der Waals surface area contributed by atoms with Crippen LogP contribution in [0.15, 0.2) is 24.4 Å². The number of alkyl halides is 3. The molecule has 3 rings (SSSR count). The fourth-order valence-electron chi connectivity index (χ4n) is 3.46. The molecule has 1 fully saturated rings. The van der Waals surface area contributed by atoms with Crippen molar-refractivity contribution in [3.8, 4) is 11.3 Å². The van der Waals surface area contributed by atoms with Crippen LogP contribution < -0.4 is 11.5 Å². The maximum atomic E-state index is 13.5. The first-order valence-electron chi connectivity index (χ1n) is 9.54. The monoisotopic (exact) mass is 453 g/mol. The van der Waals surface area contributed by atoms with Gasteiger partial charge in [0.05, 0.1) is 24.5 Å². The molecule has 1 unspecified atom stereocenters. The van der Waals surface area contributed by atoms with E-state index in [0.29, 0.717) is 18.7 Å². The third-order valence-electron chi connectivity index (χ3n) is 5.47. The van der Waals surface area contributed by atoms with E-state index in [-0.39, 0.29) is 28.8 Å². The summed E-state index contributed by atoms with van der Waals surface area (Å²) in [6, 6.07) is 3.02. The summed E-state index contributed by atoms with van der Waals surface area (Å²) in [6.07, 6.45) is -3.41. The molecule has 1 aliphatic heterocycles. The van der Waals surface area contributed by atoms with Gasteiger partial charge in [-0.3, -0.25) is 9.59 Å². The van der Waals surface area contributed by atoms with Gasteiger partial charge in [-0.15, -0.1) is 0 Å². The third kappa shape index (κ3) is 3.86. The number of amides is 2. The zero-order chi connectivity index (χ0) is 23.8. The zero-order valence-electron chi connectivity index (χ0n) is 17.3. The number of primary amides is 1. The van der Waals surface area contributed by atoms with Crippen molar-refractivity contribution in [1.82, 2.24) is 14.9 Å². The number of likely N-dealkylation sites (tertiary alicyclic amines) is 1. The Kier molecular flexibility index (Phi) is 6.11. The Morgan fingerprint density at radius 1 is 1.34 bits per heavy atom. The SMILES string of the molecule is COC[C@H]1CCN1C(=O)c1nc(-c2cc(C(O)(C(N)=O)C(F)(F)F)ccc2C)cnc1N. The Bertz CT molecular complexity index is 1060. The molecule has 0 spiro atoms.